The summed E-state index contributed by atoms with van der Waals surface area (Å²) in [6.07, 6.45) is 2.99. The van der Waals surface area contributed by atoms with Crippen LogP contribution in [0, 0.1) is 12.8 Å². The molecule has 3 rings (SSSR count). The molecule has 0 saturated carbocycles. The molecule has 7 heteroatoms. The van der Waals surface area contributed by atoms with Gasteiger partial charge in [-0.3, -0.25) is 0 Å². The van der Waals surface area contributed by atoms with Crippen LogP contribution < -0.4 is 4.74 Å². The van der Waals surface area contributed by atoms with Gasteiger partial charge in [-0.2, -0.15) is 0 Å². The van der Waals surface area contributed by atoms with Gasteiger partial charge in [0.05, 0.1) is 24.1 Å². The average Bonchev–Trinajstić information content (AvgIpc) is 3.22. The number of carbonyl (C=O) groups is 1. The molecule has 1 aromatic carbocycles. The molecular formula is C18H18N2O4S. The van der Waals surface area contributed by atoms with Crippen molar-refractivity contribution in [2.75, 3.05) is 6.61 Å². The van der Waals surface area contributed by atoms with Crippen LogP contribution in [-0.2, 0) is 0 Å². The van der Waals surface area contributed by atoms with Gasteiger partial charge < -0.3 is 14.3 Å². The predicted molar refractivity (Wildman–Crippen MR) is 95.1 cm³/mol. The predicted octanol–water partition coefficient (Wildman–Crippen LogP) is 4.51. The van der Waals surface area contributed by atoms with E-state index in [4.69, 9.17) is 9.15 Å². The molecule has 0 aliphatic rings. The van der Waals surface area contributed by atoms with Crippen molar-refractivity contribution in [1.82, 2.24) is 9.97 Å². The summed E-state index contributed by atoms with van der Waals surface area (Å²) in [6.45, 7) is 6.43. The third kappa shape index (κ3) is 3.71. The Labute approximate surface area is 149 Å². The fourth-order valence-corrected chi connectivity index (χ4v) is 3.21. The van der Waals surface area contributed by atoms with E-state index < -0.39 is 5.97 Å². The highest BCUT2D eigenvalue weighted by atomic mass is 32.1. The van der Waals surface area contributed by atoms with Crippen LogP contribution in [0.5, 0.6) is 5.75 Å². The fraction of sp³-hybridized carbons (Fsp3) is 0.278. The molecule has 0 aliphatic heterocycles. The molecule has 6 nitrogen and oxygen atoms in total. The van der Waals surface area contributed by atoms with E-state index in [1.54, 1.807) is 13.1 Å². The van der Waals surface area contributed by atoms with Gasteiger partial charge in [0.1, 0.15) is 15.6 Å². The quantitative estimate of drug-likeness (QED) is 0.698. The number of carboxylic acid groups (broad SMARTS) is 1. The summed E-state index contributed by atoms with van der Waals surface area (Å²) in [7, 11) is 0. The van der Waals surface area contributed by atoms with Gasteiger partial charge in [0.2, 0.25) is 0 Å². The maximum atomic E-state index is 11.3. The van der Waals surface area contributed by atoms with Crippen LogP contribution >= 0.6 is 11.3 Å². The highest BCUT2D eigenvalue weighted by molar-refractivity contribution is 7.17. The van der Waals surface area contributed by atoms with E-state index >= 15 is 0 Å². The van der Waals surface area contributed by atoms with Crippen molar-refractivity contribution in [1.29, 1.82) is 0 Å². The lowest BCUT2D eigenvalue weighted by Gasteiger charge is -2.12. The standard InChI is InChI=1S/C18H18N2O4S/c1-10(2)8-23-14-5-4-12(6-13(14)15-7-19-9-24-15)17-20-11(3)16(25-17)18(21)22/h4-7,9-10H,8H2,1-3H3,(H,21,22). The number of thiazole rings is 1. The number of aromatic nitrogens is 2. The Bertz CT molecular complexity index is 885. The van der Waals surface area contributed by atoms with Crippen molar-refractivity contribution in [2.45, 2.75) is 20.8 Å². The highest BCUT2D eigenvalue weighted by Gasteiger charge is 2.18. The van der Waals surface area contributed by atoms with Gasteiger partial charge in [-0.25, -0.2) is 14.8 Å². The SMILES string of the molecule is Cc1nc(-c2ccc(OCC(C)C)c(-c3cnco3)c2)sc1C(=O)O. The van der Waals surface area contributed by atoms with Gasteiger partial charge in [-0.15, -0.1) is 11.3 Å². The lowest BCUT2D eigenvalue weighted by molar-refractivity contribution is 0.0701. The molecule has 25 heavy (non-hydrogen) atoms. The lowest BCUT2D eigenvalue weighted by Crippen LogP contribution is -2.05. The van der Waals surface area contributed by atoms with Crippen LogP contribution in [0.2, 0.25) is 0 Å². The molecule has 0 atom stereocenters. The number of nitrogens with zero attached hydrogens (tertiary/aromatic N) is 2. The summed E-state index contributed by atoms with van der Waals surface area (Å²) >= 11 is 1.15. The second-order valence-corrected chi connectivity index (χ2v) is 7.02. The lowest BCUT2D eigenvalue weighted by atomic mass is 10.1. The Hall–Kier alpha value is -2.67. The van der Waals surface area contributed by atoms with Crippen molar-refractivity contribution in [3.05, 3.63) is 41.4 Å². The zero-order valence-corrected chi connectivity index (χ0v) is 15.0. The molecule has 0 amide bonds. The average molecular weight is 358 g/mol. The summed E-state index contributed by atoms with van der Waals surface area (Å²) < 4.78 is 11.3. The highest BCUT2D eigenvalue weighted by Crippen LogP contribution is 2.36. The zero-order chi connectivity index (χ0) is 18.0. The molecule has 130 valence electrons. The number of aromatic carboxylic acids is 1. The van der Waals surface area contributed by atoms with Crippen LogP contribution in [0.3, 0.4) is 0 Å². The largest absolute Gasteiger partial charge is 0.493 e. The first-order valence-corrected chi connectivity index (χ1v) is 8.64. The summed E-state index contributed by atoms with van der Waals surface area (Å²) in [5.41, 5.74) is 2.08. The van der Waals surface area contributed by atoms with Crippen LogP contribution in [0.15, 0.2) is 35.2 Å². The number of hydrogen-bond donors (Lipinski definition) is 1. The minimum absolute atomic E-state index is 0.247. The van der Waals surface area contributed by atoms with E-state index in [1.165, 1.54) is 6.39 Å². The Morgan fingerprint density at radius 1 is 1.40 bits per heavy atom. The second kappa shape index (κ2) is 7.06. The van der Waals surface area contributed by atoms with Crippen molar-refractivity contribution in [3.63, 3.8) is 0 Å². The third-order valence-corrected chi connectivity index (χ3v) is 4.68. The van der Waals surface area contributed by atoms with E-state index in [0.717, 1.165) is 22.5 Å². The van der Waals surface area contributed by atoms with E-state index in [1.807, 2.05) is 18.2 Å². The summed E-state index contributed by atoms with van der Waals surface area (Å²) in [4.78, 5) is 19.8. The van der Waals surface area contributed by atoms with E-state index in [2.05, 4.69) is 23.8 Å². The topological polar surface area (TPSA) is 85.5 Å². The van der Waals surface area contributed by atoms with E-state index in [-0.39, 0.29) is 4.88 Å². The molecule has 0 unspecified atom stereocenters. The Morgan fingerprint density at radius 3 is 2.80 bits per heavy atom. The number of hydrogen-bond acceptors (Lipinski definition) is 6. The Kier molecular flexibility index (Phi) is 4.85. The van der Waals surface area contributed by atoms with Gasteiger partial charge in [0, 0.05) is 5.56 Å². The van der Waals surface area contributed by atoms with E-state index in [9.17, 15) is 9.90 Å². The summed E-state index contributed by atoms with van der Waals surface area (Å²) in [5.74, 6) is 0.712. The summed E-state index contributed by atoms with van der Waals surface area (Å²) in [5, 5.41) is 9.87. The Morgan fingerprint density at radius 2 is 2.20 bits per heavy atom. The second-order valence-electron chi connectivity index (χ2n) is 6.02. The summed E-state index contributed by atoms with van der Waals surface area (Å²) in [6, 6.07) is 5.62. The van der Waals surface area contributed by atoms with Crippen molar-refractivity contribution < 1.29 is 19.1 Å². The van der Waals surface area contributed by atoms with Crippen molar-refractivity contribution in [3.8, 4) is 27.6 Å². The van der Waals surface area contributed by atoms with E-state index in [0.29, 0.717) is 34.7 Å². The molecular weight excluding hydrogens is 340 g/mol. The third-order valence-electron chi connectivity index (χ3n) is 3.49. The first kappa shape index (κ1) is 17.2. The minimum Gasteiger partial charge on any atom is -0.493 e. The number of ether oxygens (including phenoxy) is 1. The maximum Gasteiger partial charge on any atom is 0.347 e. The fourth-order valence-electron chi connectivity index (χ4n) is 2.30. The van der Waals surface area contributed by atoms with Crippen LogP contribution in [-0.4, -0.2) is 27.7 Å². The normalized spacial score (nSPS) is 11.0. The van der Waals surface area contributed by atoms with Crippen molar-refractivity contribution >= 4 is 17.3 Å². The molecule has 3 aromatic rings. The molecule has 2 heterocycles. The molecule has 0 saturated heterocycles. The van der Waals surface area contributed by atoms with Crippen molar-refractivity contribution in [2.24, 2.45) is 5.92 Å². The molecule has 0 fully saturated rings. The molecule has 0 spiro atoms. The van der Waals surface area contributed by atoms with Crippen LogP contribution in [0.4, 0.5) is 0 Å². The first-order chi connectivity index (χ1) is 12.0. The molecule has 2 aromatic heterocycles. The van der Waals surface area contributed by atoms with Gasteiger partial charge in [-0.05, 0) is 31.0 Å². The molecule has 0 bridgehead atoms. The number of rotatable bonds is 6. The maximum absolute atomic E-state index is 11.3. The zero-order valence-electron chi connectivity index (χ0n) is 14.1. The molecule has 0 aliphatic carbocycles. The number of carboxylic acids is 1. The molecule has 0 radical (unpaired) electrons. The number of benzene rings is 1. The van der Waals surface area contributed by atoms with Crippen LogP contribution in [0.25, 0.3) is 21.9 Å². The smallest absolute Gasteiger partial charge is 0.347 e. The number of aryl methyl sites for hydroxylation is 1. The number of oxazole rings is 1. The van der Waals surface area contributed by atoms with Gasteiger partial charge in [-0.1, -0.05) is 13.8 Å². The van der Waals surface area contributed by atoms with Gasteiger partial charge >= 0.3 is 5.97 Å². The van der Waals surface area contributed by atoms with Gasteiger partial charge in [0.15, 0.2) is 12.2 Å². The monoisotopic (exact) mass is 358 g/mol. The first-order valence-electron chi connectivity index (χ1n) is 7.82. The Balaban J connectivity index is 2.03. The molecule has 1 N–H and O–H groups in total. The van der Waals surface area contributed by atoms with Crippen LogP contribution in [0.1, 0.15) is 29.2 Å². The van der Waals surface area contributed by atoms with Gasteiger partial charge in [0.25, 0.3) is 0 Å². The minimum atomic E-state index is -0.964.